The Morgan fingerprint density at radius 1 is 1.00 bits per heavy atom. The SMILES string of the molecule is CCOc1ccc(C(=O)NC2CCCCCC2)cc1COc1cccc(OC)c1. The highest BCUT2D eigenvalue weighted by Crippen LogP contribution is 2.25. The van der Waals surface area contributed by atoms with Crippen LogP contribution in [0.15, 0.2) is 42.5 Å². The average Bonchev–Trinajstić information content (AvgIpc) is 3.02. The maximum atomic E-state index is 12.8. The van der Waals surface area contributed by atoms with Crippen molar-refractivity contribution in [2.75, 3.05) is 13.7 Å². The van der Waals surface area contributed by atoms with Crippen molar-refractivity contribution in [3.05, 3.63) is 53.6 Å². The van der Waals surface area contributed by atoms with E-state index in [-0.39, 0.29) is 11.9 Å². The van der Waals surface area contributed by atoms with E-state index < -0.39 is 0 Å². The zero-order valence-corrected chi connectivity index (χ0v) is 17.4. The third kappa shape index (κ3) is 6.14. The van der Waals surface area contributed by atoms with Crippen LogP contribution < -0.4 is 19.5 Å². The molecule has 1 aliphatic carbocycles. The van der Waals surface area contributed by atoms with Crippen LogP contribution in [0.4, 0.5) is 0 Å². The highest BCUT2D eigenvalue weighted by Gasteiger charge is 2.17. The van der Waals surface area contributed by atoms with Crippen molar-refractivity contribution in [3.63, 3.8) is 0 Å². The summed E-state index contributed by atoms with van der Waals surface area (Å²) in [6.45, 7) is 2.81. The highest BCUT2D eigenvalue weighted by molar-refractivity contribution is 5.94. The number of benzene rings is 2. The lowest BCUT2D eigenvalue weighted by molar-refractivity contribution is 0.0933. The van der Waals surface area contributed by atoms with E-state index in [2.05, 4.69) is 5.32 Å². The predicted octanol–water partition coefficient (Wildman–Crippen LogP) is 5.13. The Hall–Kier alpha value is -2.69. The molecule has 0 saturated heterocycles. The number of carbonyl (C=O) groups is 1. The van der Waals surface area contributed by atoms with Crippen LogP contribution in [0.3, 0.4) is 0 Å². The van der Waals surface area contributed by atoms with E-state index in [4.69, 9.17) is 14.2 Å². The fourth-order valence-corrected chi connectivity index (χ4v) is 3.67. The zero-order valence-electron chi connectivity index (χ0n) is 17.4. The molecular formula is C24H31NO4. The van der Waals surface area contributed by atoms with Gasteiger partial charge in [0, 0.05) is 23.2 Å². The van der Waals surface area contributed by atoms with Gasteiger partial charge in [0.05, 0.1) is 13.7 Å². The molecule has 0 aliphatic heterocycles. The number of hydrogen-bond donors (Lipinski definition) is 1. The molecule has 29 heavy (non-hydrogen) atoms. The van der Waals surface area contributed by atoms with Crippen LogP contribution >= 0.6 is 0 Å². The van der Waals surface area contributed by atoms with Crippen LogP contribution in [0.2, 0.25) is 0 Å². The fourth-order valence-electron chi connectivity index (χ4n) is 3.67. The first-order valence-electron chi connectivity index (χ1n) is 10.5. The van der Waals surface area contributed by atoms with Gasteiger partial charge in [0.15, 0.2) is 0 Å². The number of rotatable bonds is 8. The molecule has 0 bridgehead atoms. The molecule has 0 atom stereocenters. The third-order valence-electron chi connectivity index (χ3n) is 5.25. The Bertz CT molecular complexity index is 797. The topological polar surface area (TPSA) is 56.8 Å². The minimum absolute atomic E-state index is 0.0254. The van der Waals surface area contributed by atoms with E-state index >= 15 is 0 Å². The number of amides is 1. The van der Waals surface area contributed by atoms with Gasteiger partial charge in [-0.05, 0) is 50.1 Å². The number of nitrogens with one attached hydrogen (secondary N) is 1. The van der Waals surface area contributed by atoms with Gasteiger partial charge in [-0.25, -0.2) is 0 Å². The van der Waals surface area contributed by atoms with Crippen molar-refractivity contribution in [3.8, 4) is 17.2 Å². The van der Waals surface area contributed by atoms with Crippen LogP contribution in [0.25, 0.3) is 0 Å². The average molecular weight is 398 g/mol. The molecule has 1 fully saturated rings. The summed E-state index contributed by atoms with van der Waals surface area (Å²) in [7, 11) is 1.63. The molecule has 0 aromatic heterocycles. The second-order valence-electron chi connectivity index (χ2n) is 7.39. The van der Waals surface area contributed by atoms with Crippen molar-refractivity contribution >= 4 is 5.91 Å². The normalized spacial score (nSPS) is 14.7. The van der Waals surface area contributed by atoms with Gasteiger partial charge >= 0.3 is 0 Å². The van der Waals surface area contributed by atoms with Crippen LogP contribution in [0, 0.1) is 0 Å². The monoisotopic (exact) mass is 397 g/mol. The van der Waals surface area contributed by atoms with E-state index in [1.165, 1.54) is 25.7 Å². The summed E-state index contributed by atoms with van der Waals surface area (Å²) in [5, 5.41) is 3.21. The molecule has 3 rings (SSSR count). The lowest BCUT2D eigenvalue weighted by atomic mass is 10.1. The number of ether oxygens (including phenoxy) is 3. The van der Waals surface area contributed by atoms with E-state index in [1.807, 2.05) is 49.4 Å². The summed E-state index contributed by atoms with van der Waals surface area (Å²) in [4.78, 5) is 12.8. The van der Waals surface area contributed by atoms with Gasteiger partial charge in [-0.1, -0.05) is 31.7 Å². The zero-order chi connectivity index (χ0) is 20.5. The largest absolute Gasteiger partial charge is 0.497 e. The molecule has 0 spiro atoms. The second-order valence-corrected chi connectivity index (χ2v) is 7.39. The van der Waals surface area contributed by atoms with Crippen molar-refractivity contribution in [1.82, 2.24) is 5.32 Å². The molecule has 0 unspecified atom stereocenters. The molecule has 5 nitrogen and oxygen atoms in total. The number of methoxy groups -OCH3 is 1. The van der Waals surface area contributed by atoms with Crippen molar-refractivity contribution in [2.24, 2.45) is 0 Å². The van der Waals surface area contributed by atoms with Crippen LogP contribution in [0.5, 0.6) is 17.2 Å². The van der Waals surface area contributed by atoms with Crippen molar-refractivity contribution in [1.29, 1.82) is 0 Å². The lowest BCUT2D eigenvalue weighted by Crippen LogP contribution is -2.34. The molecule has 2 aromatic carbocycles. The summed E-state index contributed by atoms with van der Waals surface area (Å²) in [6.07, 6.45) is 7.03. The molecule has 1 N–H and O–H groups in total. The van der Waals surface area contributed by atoms with E-state index in [9.17, 15) is 4.79 Å². The minimum atomic E-state index is -0.0254. The minimum Gasteiger partial charge on any atom is -0.497 e. The Labute approximate surface area is 173 Å². The number of hydrogen-bond acceptors (Lipinski definition) is 4. The highest BCUT2D eigenvalue weighted by atomic mass is 16.5. The van der Waals surface area contributed by atoms with E-state index in [0.717, 1.165) is 29.9 Å². The van der Waals surface area contributed by atoms with Gasteiger partial charge < -0.3 is 19.5 Å². The molecule has 2 aromatic rings. The molecule has 1 aliphatic rings. The van der Waals surface area contributed by atoms with Gasteiger partial charge in [-0.2, -0.15) is 0 Å². The summed E-state index contributed by atoms with van der Waals surface area (Å²) < 4.78 is 16.9. The molecule has 0 heterocycles. The second kappa shape index (κ2) is 10.7. The van der Waals surface area contributed by atoms with Gasteiger partial charge in [-0.3, -0.25) is 4.79 Å². The smallest absolute Gasteiger partial charge is 0.251 e. The molecule has 0 radical (unpaired) electrons. The first-order chi connectivity index (χ1) is 14.2. The van der Waals surface area contributed by atoms with Gasteiger partial charge in [0.25, 0.3) is 5.91 Å². The molecular weight excluding hydrogens is 366 g/mol. The summed E-state index contributed by atoms with van der Waals surface area (Å²) in [5.74, 6) is 2.16. The van der Waals surface area contributed by atoms with Crippen molar-refractivity contribution < 1.29 is 19.0 Å². The molecule has 1 saturated carbocycles. The Morgan fingerprint density at radius 2 is 1.76 bits per heavy atom. The third-order valence-corrected chi connectivity index (χ3v) is 5.25. The first kappa shape index (κ1) is 21.0. The Balaban J connectivity index is 1.71. The Kier molecular flexibility index (Phi) is 7.79. The maximum absolute atomic E-state index is 12.8. The maximum Gasteiger partial charge on any atom is 0.251 e. The van der Waals surface area contributed by atoms with Crippen LogP contribution in [0.1, 0.15) is 61.4 Å². The van der Waals surface area contributed by atoms with Gasteiger partial charge in [-0.15, -0.1) is 0 Å². The quantitative estimate of drug-likeness (QED) is 0.628. The van der Waals surface area contributed by atoms with E-state index in [0.29, 0.717) is 24.5 Å². The summed E-state index contributed by atoms with van der Waals surface area (Å²) >= 11 is 0. The predicted molar refractivity (Wildman–Crippen MR) is 114 cm³/mol. The molecule has 1 amide bonds. The van der Waals surface area contributed by atoms with Crippen LogP contribution in [-0.2, 0) is 6.61 Å². The Morgan fingerprint density at radius 3 is 2.48 bits per heavy atom. The summed E-state index contributed by atoms with van der Waals surface area (Å²) in [6, 6.07) is 13.3. The fraction of sp³-hybridized carbons (Fsp3) is 0.458. The van der Waals surface area contributed by atoms with Gasteiger partial charge in [0.1, 0.15) is 23.9 Å². The summed E-state index contributed by atoms with van der Waals surface area (Å²) in [5.41, 5.74) is 1.49. The van der Waals surface area contributed by atoms with Crippen molar-refractivity contribution in [2.45, 2.75) is 58.1 Å². The molecule has 156 valence electrons. The number of carbonyl (C=O) groups excluding carboxylic acids is 1. The van der Waals surface area contributed by atoms with E-state index in [1.54, 1.807) is 7.11 Å². The van der Waals surface area contributed by atoms with Gasteiger partial charge in [0.2, 0.25) is 0 Å². The lowest BCUT2D eigenvalue weighted by Gasteiger charge is -2.17. The van der Waals surface area contributed by atoms with Crippen LogP contribution in [-0.4, -0.2) is 25.7 Å². The standard InChI is InChI=1S/C24H31NO4/c1-3-28-23-14-13-18(24(26)25-20-9-6-4-5-7-10-20)15-19(23)17-29-22-12-8-11-21(16-22)27-2/h8,11-16,20H,3-7,9-10,17H2,1-2H3,(H,25,26). The molecule has 5 heteroatoms. The first-order valence-corrected chi connectivity index (χ1v) is 10.5.